The van der Waals surface area contributed by atoms with Crippen LogP contribution in [0.15, 0.2) is 18.2 Å². The van der Waals surface area contributed by atoms with Crippen LogP contribution < -0.4 is 5.32 Å². The first-order chi connectivity index (χ1) is 9.32. The third-order valence-corrected chi connectivity index (χ3v) is 2.88. The number of rotatable bonds is 6. The SMILES string of the molecule is CC(=O)NCCC(O)C(O)c1cc(C)ccc1[N+](=O)[O-]. The van der Waals surface area contributed by atoms with Gasteiger partial charge in [0.25, 0.3) is 5.69 Å². The maximum absolute atomic E-state index is 10.9. The lowest BCUT2D eigenvalue weighted by Crippen LogP contribution is -2.28. The van der Waals surface area contributed by atoms with Gasteiger partial charge >= 0.3 is 0 Å². The van der Waals surface area contributed by atoms with Gasteiger partial charge in [0.2, 0.25) is 5.91 Å². The average Bonchev–Trinajstić information content (AvgIpc) is 2.36. The zero-order chi connectivity index (χ0) is 15.3. The highest BCUT2D eigenvalue weighted by Crippen LogP contribution is 2.29. The zero-order valence-corrected chi connectivity index (χ0v) is 11.4. The van der Waals surface area contributed by atoms with E-state index in [0.29, 0.717) is 0 Å². The summed E-state index contributed by atoms with van der Waals surface area (Å²) in [6.45, 7) is 3.27. The predicted molar refractivity (Wildman–Crippen MR) is 72.1 cm³/mol. The molecular weight excluding hydrogens is 264 g/mol. The van der Waals surface area contributed by atoms with Crippen molar-refractivity contribution in [1.82, 2.24) is 5.32 Å². The van der Waals surface area contributed by atoms with Crippen LogP contribution >= 0.6 is 0 Å². The second kappa shape index (κ2) is 6.97. The molecule has 7 nitrogen and oxygen atoms in total. The first kappa shape index (κ1) is 16.1. The molecule has 1 amide bonds. The summed E-state index contributed by atoms with van der Waals surface area (Å²) in [5, 5.41) is 33.3. The van der Waals surface area contributed by atoms with Gasteiger partial charge in [-0.3, -0.25) is 14.9 Å². The molecule has 1 aromatic carbocycles. The van der Waals surface area contributed by atoms with Crippen molar-refractivity contribution < 1.29 is 19.9 Å². The normalized spacial score (nSPS) is 13.6. The van der Waals surface area contributed by atoms with Gasteiger partial charge in [0.05, 0.1) is 16.6 Å². The van der Waals surface area contributed by atoms with Gasteiger partial charge < -0.3 is 15.5 Å². The molecule has 0 saturated heterocycles. The summed E-state index contributed by atoms with van der Waals surface area (Å²) in [6.07, 6.45) is -2.46. The molecule has 2 unspecified atom stereocenters. The van der Waals surface area contributed by atoms with Gasteiger partial charge in [-0.25, -0.2) is 0 Å². The minimum atomic E-state index is -1.37. The van der Waals surface area contributed by atoms with Crippen LogP contribution in [-0.2, 0) is 4.79 Å². The molecule has 0 radical (unpaired) electrons. The average molecular weight is 282 g/mol. The van der Waals surface area contributed by atoms with Crippen molar-refractivity contribution >= 4 is 11.6 Å². The summed E-state index contributed by atoms with van der Waals surface area (Å²) in [7, 11) is 0. The van der Waals surface area contributed by atoms with Crippen LogP contribution in [0, 0.1) is 17.0 Å². The summed E-state index contributed by atoms with van der Waals surface area (Å²) in [6, 6.07) is 4.34. The van der Waals surface area contributed by atoms with E-state index in [1.807, 2.05) is 0 Å². The molecule has 0 bridgehead atoms. The second-order valence-corrected chi connectivity index (χ2v) is 4.60. The summed E-state index contributed by atoms with van der Waals surface area (Å²) < 4.78 is 0. The van der Waals surface area contributed by atoms with E-state index in [2.05, 4.69) is 5.32 Å². The van der Waals surface area contributed by atoms with Gasteiger partial charge in [-0.05, 0) is 19.4 Å². The first-order valence-electron chi connectivity index (χ1n) is 6.18. The molecule has 2 atom stereocenters. The molecule has 0 aromatic heterocycles. The molecule has 0 aliphatic rings. The fraction of sp³-hybridized carbons (Fsp3) is 0.462. The van der Waals surface area contributed by atoms with Crippen LogP contribution in [0.3, 0.4) is 0 Å². The van der Waals surface area contributed by atoms with E-state index in [1.54, 1.807) is 13.0 Å². The summed E-state index contributed by atoms with van der Waals surface area (Å²) in [5.41, 5.74) is 0.589. The molecule has 0 heterocycles. The lowest BCUT2D eigenvalue weighted by atomic mass is 9.98. The monoisotopic (exact) mass is 282 g/mol. The molecule has 0 spiro atoms. The lowest BCUT2D eigenvalue weighted by molar-refractivity contribution is -0.386. The van der Waals surface area contributed by atoms with Crippen LogP contribution in [0.1, 0.15) is 30.6 Å². The molecular formula is C13H18N2O5. The van der Waals surface area contributed by atoms with Crippen molar-refractivity contribution in [1.29, 1.82) is 0 Å². The first-order valence-corrected chi connectivity index (χ1v) is 6.18. The number of nitrogens with zero attached hydrogens (tertiary/aromatic N) is 1. The molecule has 3 N–H and O–H groups in total. The fourth-order valence-corrected chi connectivity index (χ4v) is 1.84. The van der Waals surface area contributed by atoms with Gasteiger partial charge in [-0.15, -0.1) is 0 Å². The number of benzene rings is 1. The third kappa shape index (κ3) is 4.29. The Morgan fingerprint density at radius 2 is 2.10 bits per heavy atom. The lowest BCUT2D eigenvalue weighted by Gasteiger charge is -2.18. The fourth-order valence-electron chi connectivity index (χ4n) is 1.84. The van der Waals surface area contributed by atoms with Crippen molar-refractivity contribution in [3.8, 4) is 0 Å². The van der Waals surface area contributed by atoms with Gasteiger partial charge in [0, 0.05) is 19.5 Å². The number of aliphatic hydroxyl groups is 2. The summed E-state index contributed by atoms with van der Waals surface area (Å²) >= 11 is 0. The van der Waals surface area contributed by atoms with Crippen molar-refractivity contribution in [2.24, 2.45) is 0 Å². The van der Waals surface area contributed by atoms with Crippen molar-refractivity contribution in [2.45, 2.75) is 32.5 Å². The molecule has 0 fully saturated rings. The number of nitro benzene ring substituents is 1. The molecule has 0 aliphatic carbocycles. The Kier molecular flexibility index (Phi) is 5.60. The van der Waals surface area contributed by atoms with Gasteiger partial charge in [-0.2, -0.15) is 0 Å². The third-order valence-electron chi connectivity index (χ3n) is 2.88. The zero-order valence-electron chi connectivity index (χ0n) is 11.4. The van der Waals surface area contributed by atoms with Crippen LogP contribution in [0.2, 0.25) is 0 Å². The minimum absolute atomic E-state index is 0.0744. The topological polar surface area (TPSA) is 113 Å². The Bertz CT molecular complexity index is 504. The number of aliphatic hydroxyl groups excluding tert-OH is 2. The van der Waals surface area contributed by atoms with Crippen molar-refractivity contribution in [3.05, 3.63) is 39.4 Å². The quantitative estimate of drug-likeness (QED) is 0.528. The van der Waals surface area contributed by atoms with Gasteiger partial charge in [0.15, 0.2) is 0 Å². The Balaban J connectivity index is 2.84. The van der Waals surface area contributed by atoms with Crippen LogP contribution in [0.25, 0.3) is 0 Å². The van der Waals surface area contributed by atoms with Gasteiger partial charge in [0.1, 0.15) is 6.10 Å². The Morgan fingerprint density at radius 3 is 2.65 bits per heavy atom. The predicted octanol–water partition coefficient (Wildman–Crippen LogP) is 0.824. The smallest absolute Gasteiger partial charge is 0.275 e. The number of hydrogen-bond acceptors (Lipinski definition) is 5. The van der Waals surface area contributed by atoms with Crippen molar-refractivity contribution in [2.75, 3.05) is 6.54 Å². The molecule has 110 valence electrons. The van der Waals surface area contributed by atoms with E-state index >= 15 is 0 Å². The molecule has 7 heteroatoms. The van der Waals surface area contributed by atoms with Crippen molar-refractivity contribution in [3.63, 3.8) is 0 Å². The van der Waals surface area contributed by atoms with E-state index in [-0.39, 0.29) is 30.1 Å². The number of amides is 1. The largest absolute Gasteiger partial charge is 0.390 e. The Labute approximate surface area is 116 Å². The number of aryl methyl sites for hydroxylation is 1. The number of nitrogens with one attached hydrogen (secondary N) is 1. The number of nitro groups is 1. The molecule has 0 aliphatic heterocycles. The molecule has 1 aromatic rings. The Hall–Kier alpha value is -1.99. The summed E-state index contributed by atoms with van der Waals surface area (Å²) in [5.74, 6) is -0.242. The van der Waals surface area contributed by atoms with Crippen LogP contribution in [-0.4, -0.2) is 33.7 Å². The Morgan fingerprint density at radius 1 is 1.45 bits per heavy atom. The molecule has 1 rings (SSSR count). The van der Waals surface area contributed by atoms with E-state index in [4.69, 9.17) is 0 Å². The standard InChI is InChI=1S/C13H18N2O5/c1-8-3-4-11(15(19)20)10(7-8)13(18)12(17)5-6-14-9(2)16/h3-4,7,12-13,17-18H,5-6H2,1-2H3,(H,14,16). The molecule has 0 saturated carbocycles. The molecule has 20 heavy (non-hydrogen) atoms. The van der Waals surface area contributed by atoms with Crippen LogP contribution in [0.4, 0.5) is 5.69 Å². The van der Waals surface area contributed by atoms with E-state index in [1.165, 1.54) is 19.1 Å². The maximum atomic E-state index is 10.9. The minimum Gasteiger partial charge on any atom is -0.390 e. The highest BCUT2D eigenvalue weighted by molar-refractivity contribution is 5.72. The van der Waals surface area contributed by atoms with Crippen LogP contribution in [0.5, 0.6) is 0 Å². The van der Waals surface area contributed by atoms with Gasteiger partial charge in [-0.1, -0.05) is 11.6 Å². The van der Waals surface area contributed by atoms with E-state index in [9.17, 15) is 25.1 Å². The summed E-state index contributed by atoms with van der Waals surface area (Å²) in [4.78, 5) is 21.0. The van der Waals surface area contributed by atoms with E-state index in [0.717, 1.165) is 5.56 Å². The highest BCUT2D eigenvalue weighted by Gasteiger charge is 2.26. The number of carbonyl (C=O) groups is 1. The number of hydrogen-bond donors (Lipinski definition) is 3. The second-order valence-electron chi connectivity index (χ2n) is 4.60. The maximum Gasteiger partial charge on any atom is 0.275 e. The van der Waals surface area contributed by atoms with E-state index < -0.39 is 17.1 Å². The highest BCUT2D eigenvalue weighted by atomic mass is 16.6. The number of carbonyl (C=O) groups excluding carboxylic acids is 1.